The van der Waals surface area contributed by atoms with Crippen molar-refractivity contribution in [2.75, 3.05) is 10.6 Å². The number of hydrogen-bond acceptors (Lipinski definition) is 4. The van der Waals surface area contributed by atoms with Gasteiger partial charge in [-0.25, -0.2) is 4.68 Å². The van der Waals surface area contributed by atoms with Crippen LogP contribution in [0.4, 0.5) is 24.7 Å². The van der Waals surface area contributed by atoms with Crippen molar-refractivity contribution < 1.29 is 23.1 Å². The van der Waals surface area contributed by atoms with E-state index >= 15 is 0 Å². The van der Waals surface area contributed by atoms with Gasteiger partial charge in [-0.1, -0.05) is 53.6 Å². The number of alkyl halides is 3. The van der Waals surface area contributed by atoms with E-state index in [1.54, 1.807) is 43.3 Å². The second-order valence-corrected chi connectivity index (χ2v) is 8.49. The van der Waals surface area contributed by atoms with Crippen molar-refractivity contribution in [1.29, 1.82) is 0 Å². The molecule has 0 fully saturated rings. The van der Waals surface area contributed by atoms with Crippen LogP contribution < -0.4 is 10.6 Å². The number of rotatable bonds is 4. The van der Waals surface area contributed by atoms with E-state index in [9.17, 15) is 23.1 Å². The van der Waals surface area contributed by atoms with Crippen molar-refractivity contribution in [3.63, 3.8) is 0 Å². The largest absolute Gasteiger partial charge is 0.410 e. The number of aromatic nitrogens is 2. The third-order valence-electron chi connectivity index (χ3n) is 5.64. The van der Waals surface area contributed by atoms with Gasteiger partial charge in [-0.2, -0.15) is 18.3 Å². The molecule has 3 N–H and O–H groups in total. The van der Waals surface area contributed by atoms with Crippen LogP contribution in [0.15, 0.2) is 48.5 Å². The number of nitrogens with one attached hydrogen (secondary N) is 2. The SMILES string of the molecule is Cc1ccc([C@H]2C[C@@H](C(F)(F)F)n3nc(C(=O)Nc4ccc([C@@H](C)O)cc4)c(Cl)c3N2)cc1. The molecule has 4 rings (SSSR count). The monoisotopic (exact) mass is 478 g/mol. The van der Waals surface area contributed by atoms with Crippen LogP contribution in [0.1, 0.15) is 58.7 Å². The first-order valence-corrected chi connectivity index (χ1v) is 10.7. The van der Waals surface area contributed by atoms with Crippen LogP contribution >= 0.6 is 11.6 Å². The molecule has 3 atom stereocenters. The number of halogens is 4. The number of amides is 1. The van der Waals surface area contributed by atoms with Crippen molar-refractivity contribution >= 4 is 29.0 Å². The van der Waals surface area contributed by atoms with Gasteiger partial charge in [0.2, 0.25) is 0 Å². The molecule has 0 spiro atoms. The highest BCUT2D eigenvalue weighted by atomic mass is 35.5. The van der Waals surface area contributed by atoms with Gasteiger partial charge in [-0.3, -0.25) is 4.79 Å². The quantitative estimate of drug-likeness (QED) is 0.442. The van der Waals surface area contributed by atoms with Crippen molar-refractivity contribution in [2.24, 2.45) is 0 Å². The van der Waals surface area contributed by atoms with E-state index in [2.05, 4.69) is 15.7 Å². The predicted octanol–water partition coefficient (Wildman–Crippen LogP) is 5.81. The summed E-state index contributed by atoms with van der Waals surface area (Å²) in [7, 11) is 0. The number of fused-ring (bicyclic) bond motifs is 1. The Balaban J connectivity index is 1.65. The third kappa shape index (κ3) is 4.69. The van der Waals surface area contributed by atoms with Gasteiger partial charge >= 0.3 is 6.18 Å². The van der Waals surface area contributed by atoms with Crippen molar-refractivity contribution in [2.45, 2.75) is 44.6 Å². The molecule has 174 valence electrons. The lowest BCUT2D eigenvalue weighted by Crippen LogP contribution is -2.35. The minimum Gasteiger partial charge on any atom is -0.389 e. The molecule has 0 unspecified atom stereocenters. The number of aliphatic hydroxyl groups excluding tert-OH is 1. The van der Waals surface area contributed by atoms with Crippen LogP contribution in [-0.2, 0) is 0 Å². The first-order chi connectivity index (χ1) is 15.5. The summed E-state index contributed by atoms with van der Waals surface area (Å²) in [6, 6.07) is 11.0. The summed E-state index contributed by atoms with van der Waals surface area (Å²) < 4.78 is 42.5. The lowest BCUT2D eigenvalue weighted by Gasteiger charge is -2.33. The molecule has 0 saturated heterocycles. The van der Waals surface area contributed by atoms with E-state index in [-0.39, 0.29) is 23.0 Å². The number of nitrogens with zero attached hydrogens (tertiary/aromatic N) is 2. The van der Waals surface area contributed by atoms with Gasteiger partial charge in [-0.05, 0) is 37.1 Å². The zero-order valence-electron chi connectivity index (χ0n) is 17.8. The molecule has 1 aliphatic heterocycles. The molecule has 0 saturated carbocycles. The molecule has 0 aliphatic carbocycles. The Hall–Kier alpha value is -3.04. The van der Waals surface area contributed by atoms with E-state index < -0.39 is 30.3 Å². The Morgan fingerprint density at radius 1 is 1.21 bits per heavy atom. The van der Waals surface area contributed by atoms with Gasteiger partial charge in [0.15, 0.2) is 11.7 Å². The summed E-state index contributed by atoms with van der Waals surface area (Å²) >= 11 is 6.36. The highest BCUT2D eigenvalue weighted by Crippen LogP contribution is 2.46. The highest BCUT2D eigenvalue weighted by molar-refractivity contribution is 6.36. The Bertz CT molecular complexity index is 1160. The molecule has 0 radical (unpaired) electrons. The second kappa shape index (κ2) is 8.72. The number of anilines is 2. The maximum atomic E-state index is 13.9. The summed E-state index contributed by atoms with van der Waals surface area (Å²) in [5.74, 6) is -0.785. The molecule has 1 aromatic heterocycles. The van der Waals surface area contributed by atoms with Gasteiger partial charge in [0.1, 0.15) is 10.8 Å². The Labute approximate surface area is 193 Å². The predicted molar refractivity (Wildman–Crippen MR) is 120 cm³/mol. The Morgan fingerprint density at radius 2 is 1.85 bits per heavy atom. The van der Waals surface area contributed by atoms with Crippen molar-refractivity contribution in [3.05, 3.63) is 75.9 Å². The van der Waals surface area contributed by atoms with E-state index in [0.717, 1.165) is 10.2 Å². The minimum atomic E-state index is -4.58. The van der Waals surface area contributed by atoms with E-state index in [4.69, 9.17) is 11.6 Å². The average molecular weight is 479 g/mol. The van der Waals surface area contributed by atoms with Crippen LogP contribution in [0.5, 0.6) is 0 Å². The Kier molecular flexibility index (Phi) is 6.11. The zero-order chi connectivity index (χ0) is 23.9. The molecule has 10 heteroatoms. The molecule has 1 amide bonds. The van der Waals surface area contributed by atoms with Crippen LogP contribution in [0, 0.1) is 6.92 Å². The summed E-state index contributed by atoms with van der Waals surface area (Å²) in [5, 5.41) is 19.0. The molecule has 33 heavy (non-hydrogen) atoms. The fourth-order valence-electron chi connectivity index (χ4n) is 3.79. The summed E-state index contributed by atoms with van der Waals surface area (Å²) in [6.45, 7) is 3.50. The topological polar surface area (TPSA) is 79.2 Å². The number of hydrogen-bond donors (Lipinski definition) is 3. The van der Waals surface area contributed by atoms with Crippen LogP contribution in [0.2, 0.25) is 5.02 Å². The van der Waals surface area contributed by atoms with Crippen molar-refractivity contribution in [1.82, 2.24) is 9.78 Å². The molecule has 6 nitrogen and oxygen atoms in total. The molecule has 1 aliphatic rings. The van der Waals surface area contributed by atoms with E-state index in [1.807, 2.05) is 19.1 Å². The van der Waals surface area contributed by atoms with Crippen molar-refractivity contribution in [3.8, 4) is 0 Å². The molecule has 2 aromatic carbocycles. The molecular formula is C23H22ClF3N4O2. The number of carbonyl (C=O) groups excluding carboxylic acids is 1. The minimum absolute atomic E-state index is 0.0505. The number of carbonyl (C=O) groups is 1. The van der Waals surface area contributed by atoms with Crippen LogP contribution in [-0.4, -0.2) is 27.0 Å². The summed E-state index contributed by atoms with van der Waals surface area (Å²) in [4.78, 5) is 12.8. The number of aryl methyl sites for hydroxylation is 1. The summed E-state index contributed by atoms with van der Waals surface area (Å²) in [6.07, 6.45) is -5.55. The highest BCUT2D eigenvalue weighted by Gasteiger charge is 2.47. The van der Waals surface area contributed by atoms with Crippen LogP contribution in [0.3, 0.4) is 0 Å². The zero-order valence-corrected chi connectivity index (χ0v) is 18.6. The molecule has 0 bridgehead atoms. The lowest BCUT2D eigenvalue weighted by molar-refractivity contribution is -0.173. The normalized spacial score (nSPS) is 18.9. The fourth-order valence-corrected chi connectivity index (χ4v) is 4.05. The fraction of sp³-hybridized carbons (Fsp3) is 0.304. The van der Waals surface area contributed by atoms with E-state index in [0.29, 0.717) is 16.8 Å². The second-order valence-electron chi connectivity index (χ2n) is 8.11. The smallest absolute Gasteiger partial charge is 0.389 e. The number of benzene rings is 2. The maximum Gasteiger partial charge on any atom is 0.410 e. The first-order valence-electron chi connectivity index (χ1n) is 10.3. The first kappa shape index (κ1) is 23.1. The maximum absolute atomic E-state index is 13.9. The van der Waals surface area contributed by atoms with Gasteiger partial charge < -0.3 is 15.7 Å². The average Bonchev–Trinajstić information content (AvgIpc) is 3.10. The number of aliphatic hydroxyl groups is 1. The summed E-state index contributed by atoms with van der Waals surface area (Å²) in [5.41, 5.74) is 2.41. The van der Waals surface area contributed by atoms with Crippen LogP contribution in [0.25, 0.3) is 0 Å². The molecule has 3 aromatic rings. The van der Waals surface area contributed by atoms with E-state index in [1.165, 1.54) is 0 Å². The Morgan fingerprint density at radius 3 is 2.42 bits per heavy atom. The van der Waals surface area contributed by atoms with Gasteiger partial charge in [0, 0.05) is 12.1 Å². The third-order valence-corrected chi connectivity index (χ3v) is 6.00. The molecular weight excluding hydrogens is 457 g/mol. The lowest BCUT2D eigenvalue weighted by atomic mass is 9.96. The van der Waals surface area contributed by atoms with Gasteiger partial charge in [0.25, 0.3) is 5.91 Å². The molecule has 2 heterocycles. The van der Waals surface area contributed by atoms with Gasteiger partial charge in [-0.15, -0.1) is 0 Å². The standard InChI is InChI=1S/C23H22ClF3N4O2/c1-12-3-5-15(6-4-12)17-11-18(23(25,26)27)31-21(29-17)19(24)20(30-31)22(33)28-16-9-7-14(8-10-16)13(2)32/h3-10,13,17-18,29,32H,11H2,1-2H3,(H,28,33)/t13-,17-,18+/m1/s1. The van der Waals surface area contributed by atoms with Gasteiger partial charge in [0.05, 0.1) is 12.1 Å².